The molecule has 0 atom stereocenters. The second-order valence-corrected chi connectivity index (χ2v) is 8.53. The largest absolute Gasteiger partial charge is 0.467 e. The van der Waals surface area contributed by atoms with E-state index in [2.05, 4.69) is 0 Å². The smallest absolute Gasteiger partial charge is 0.256 e. The first kappa shape index (κ1) is 22.3. The minimum atomic E-state index is -1.22. The van der Waals surface area contributed by atoms with Crippen LogP contribution in [0.25, 0.3) is 0 Å². The minimum absolute atomic E-state index is 0.127. The summed E-state index contributed by atoms with van der Waals surface area (Å²) in [6.07, 6.45) is 1.55. The third-order valence-corrected chi connectivity index (χ3v) is 4.87. The van der Waals surface area contributed by atoms with Crippen LogP contribution < -0.4 is 9.47 Å². The van der Waals surface area contributed by atoms with E-state index in [-0.39, 0.29) is 31.7 Å². The highest BCUT2D eigenvalue weighted by molar-refractivity contribution is 6.53. The normalized spacial score (nSPS) is 12.5. The Morgan fingerprint density at radius 1 is 1.07 bits per heavy atom. The van der Waals surface area contributed by atoms with Gasteiger partial charge in [-0.1, -0.05) is 43.1 Å². The predicted octanol–water partition coefficient (Wildman–Crippen LogP) is 3.83. The van der Waals surface area contributed by atoms with Crippen LogP contribution >= 0.6 is 23.2 Å². The number of carbonyl (C=O) groups excluding carboxylic acids is 2. The Kier molecular flexibility index (Phi) is 7.50. The van der Waals surface area contributed by atoms with E-state index in [1.807, 2.05) is 32.0 Å². The number of hydrogen-bond acceptors (Lipinski definition) is 5. The van der Waals surface area contributed by atoms with Crippen molar-refractivity contribution in [1.82, 2.24) is 9.80 Å². The van der Waals surface area contributed by atoms with Crippen molar-refractivity contribution in [1.29, 1.82) is 0 Å². The molecule has 7 nitrogen and oxygen atoms in total. The van der Waals surface area contributed by atoms with Crippen LogP contribution in [0.3, 0.4) is 0 Å². The zero-order valence-electron chi connectivity index (χ0n) is 16.8. The van der Waals surface area contributed by atoms with E-state index in [1.54, 1.807) is 23.3 Å². The summed E-state index contributed by atoms with van der Waals surface area (Å²) in [6, 6.07) is 9.09. The Balaban J connectivity index is 1.78. The number of furan rings is 1. The Hall–Kier alpha value is -2.38. The van der Waals surface area contributed by atoms with Gasteiger partial charge in [-0.15, -0.1) is 0 Å². The second kappa shape index (κ2) is 10.1. The fraction of sp³-hybridized carbons (Fsp3) is 0.429. The van der Waals surface area contributed by atoms with Crippen LogP contribution in [0.5, 0.6) is 11.5 Å². The van der Waals surface area contributed by atoms with Crippen LogP contribution in [-0.2, 0) is 22.7 Å². The minimum Gasteiger partial charge on any atom is -0.467 e. The van der Waals surface area contributed by atoms with Crippen molar-refractivity contribution in [3.63, 3.8) is 0 Å². The van der Waals surface area contributed by atoms with Crippen molar-refractivity contribution in [2.45, 2.75) is 31.8 Å². The van der Waals surface area contributed by atoms with E-state index in [9.17, 15) is 9.59 Å². The highest BCUT2D eigenvalue weighted by Gasteiger charge is 2.26. The molecule has 1 aromatic carbocycles. The molecule has 1 aromatic heterocycles. The topological polar surface area (TPSA) is 72.2 Å². The Bertz CT molecular complexity index is 870. The Labute approximate surface area is 185 Å². The highest BCUT2D eigenvalue weighted by atomic mass is 35.5. The molecule has 3 rings (SSSR count). The lowest BCUT2D eigenvalue weighted by Crippen LogP contribution is -2.45. The van der Waals surface area contributed by atoms with Gasteiger partial charge in [-0.2, -0.15) is 0 Å². The summed E-state index contributed by atoms with van der Waals surface area (Å²) < 4.78 is 16.2. The van der Waals surface area contributed by atoms with Crippen LogP contribution in [0.1, 0.15) is 25.2 Å². The summed E-state index contributed by atoms with van der Waals surface area (Å²) in [5.74, 6) is 1.38. The van der Waals surface area contributed by atoms with Gasteiger partial charge < -0.3 is 23.7 Å². The number of nitrogens with zero attached hydrogens (tertiary/aromatic N) is 2. The van der Waals surface area contributed by atoms with Gasteiger partial charge in [0, 0.05) is 13.1 Å². The van der Waals surface area contributed by atoms with Gasteiger partial charge in [0.15, 0.2) is 16.3 Å². The van der Waals surface area contributed by atoms with Crippen molar-refractivity contribution >= 4 is 35.0 Å². The summed E-state index contributed by atoms with van der Waals surface area (Å²) in [5, 5.41) is 0. The molecule has 0 saturated heterocycles. The monoisotopic (exact) mass is 454 g/mol. The molecule has 9 heteroatoms. The molecule has 0 fully saturated rings. The Morgan fingerprint density at radius 3 is 2.50 bits per heavy atom. The van der Waals surface area contributed by atoms with Gasteiger partial charge in [-0.3, -0.25) is 9.59 Å². The number of halogens is 2. The molecule has 0 radical (unpaired) electrons. The van der Waals surface area contributed by atoms with Crippen LogP contribution in [0.2, 0.25) is 0 Å². The summed E-state index contributed by atoms with van der Waals surface area (Å²) in [4.78, 5) is 27.4. The third kappa shape index (κ3) is 5.83. The number of amides is 2. The highest BCUT2D eigenvalue weighted by Crippen LogP contribution is 2.33. The number of carbonyl (C=O) groups is 2. The molecule has 0 spiro atoms. The Morgan fingerprint density at radius 2 is 1.83 bits per heavy atom. The van der Waals surface area contributed by atoms with Gasteiger partial charge in [-0.05, 0) is 35.7 Å². The predicted molar refractivity (Wildman–Crippen MR) is 112 cm³/mol. The SMILES string of the molecule is CC(C)CN(CC(=O)N(Cc1ccc2c(c1)OCO2)Cc1ccco1)C(=O)C(Cl)Cl. The average Bonchev–Trinajstić information content (AvgIpc) is 3.37. The van der Waals surface area contributed by atoms with Gasteiger partial charge in [-0.25, -0.2) is 0 Å². The first-order chi connectivity index (χ1) is 14.3. The molecule has 2 amide bonds. The summed E-state index contributed by atoms with van der Waals surface area (Å²) in [5.41, 5.74) is 0.869. The van der Waals surface area contributed by atoms with Crippen molar-refractivity contribution in [2.24, 2.45) is 5.92 Å². The molecule has 1 aliphatic heterocycles. The zero-order valence-corrected chi connectivity index (χ0v) is 18.4. The first-order valence-corrected chi connectivity index (χ1v) is 10.5. The van der Waals surface area contributed by atoms with Crippen molar-refractivity contribution < 1.29 is 23.5 Å². The number of ether oxygens (including phenoxy) is 2. The maximum atomic E-state index is 13.2. The fourth-order valence-corrected chi connectivity index (χ4v) is 3.43. The first-order valence-electron chi connectivity index (χ1n) is 9.59. The van der Waals surface area contributed by atoms with Crippen molar-refractivity contribution in [3.05, 3.63) is 47.9 Å². The number of benzene rings is 1. The van der Waals surface area contributed by atoms with E-state index in [1.165, 1.54) is 4.90 Å². The van der Waals surface area contributed by atoms with E-state index >= 15 is 0 Å². The maximum absolute atomic E-state index is 13.2. The standard InChI is InChI=1S/C21H24Cl2N2O5/c1-14(2)9-25(21(27)20(22)23)12-19(26)24(11-16-4-3-7-28-16)10-15-5-6-17-18(8-15)30-13-29-17/h3-8,14,20H,9-13H2,1-2H3. The molecule has 0 aliphatic carbocycles. The van der Waals surface area contributed by atoms with Gasteiger partial charge in [0.05, 0.1) is 19.4 Å². The summed E-state index contributed by atoms with van der Waals surface area (Å²) >= 11 is 11.6. The molecule has 0 saturated carbocycles. The molecule has 0 unspecified atom stereocenters. The average molecular weight is 455 g/mol. The van der Waals surface area contributed by atoms with Gasteiger partial charge >= 0.3 is 0 Å². The molecule has 0 N–H and O–H groups in total. The molecular formula is C21H24Cl2N2O5. The molecule has 1 aliphatic rings. The van der Waals surface area contributed by atoms with Crippen LogP contribution in [0.4, 0.5) is 0 Å². The number of hydrogen-bond donors (Lipinski definition) is 0. The lowest BCUT2D eigenvalue weighted by atomic mass is 10.1. The fourth-order valence-electron chi connectivity index (χ4n) is 3.16. The molecule has 30 heavy (non-hydrogen) atoms. The molecule has 162 valence electrons. The van der Waals surface area contributed by atoms with E-state index in [4.69, 9.17) is 37.1 Å². The van der Waals surface area contributed by atoms with Gasteiger partial charge in [0.2, 0.25) is 12.7 Å². The summed E-state index contributed by atoms with van der Waals surface area (Å²) in [7, 11) is 0. The quantitative estimate of drug-likeness (QED) is 0.538. The van der Waals surface area contributed by atoms with Gasteiger partial charge in [0.25, 0.3) is 5.91 Å². The van der Waals surface area contributed by atoms with Crippen LogP contribution in [0, 0.1) is 5.92 Å². The maximum Gasteiger partial charge on any atom is 0.256 e. The van der Waals surface area contributed by atoms with E-state index in [0.717, 1.165) is 5.56 Å². The lowest BCUT2D eigenvalue weighted by Gasteiger charge is -2.28. The van der Waals surface area contributed by atoms with Crippen LogP contribution in [-0.4, -0.2) is 46.3 Å². The van der Waals surface area contributed by atoms with Crippen LogP contribution in [0.15, 0.2) is 41.0 Å². The molecular weight excluding hydrogens is 431 g/mol. The number of alkyl halides is 2. The lowest BCUT2D eigenvalue weighted by molar-refractivity contribution is -0.141. The molecule has 0 bridgehead atoms. The summed E-state index contributed by atoms with van der Waals surface area (Å²) in [6.45, 7) is 4.90. The molecule has 2 aromatic rings. The third-order valence-electron chi connectivity index (χ3n) is 4.50. The van der Waals surface area contributed by atoms with E-state index in [0.29, 0.717) is 30.3 Å². The van der Waals surface area contributed by atoms with Crippen molar-refractivity contribution in [3.8, 4) is 11.5 Å². The molecule has 2 heterocycles. The van der Waals surface area contributed by atoms with Crippen molar-refractivity contribution in [2.75, 3.05) is 19.9 Å². The number of fused-ring (bicyclic) bond motifs is 1. The zero-order chi connectivity index (χ0) is 21.7. The van der Waals surface area contributed by atoms with E-state index < -0.39 is 10.7 Å². The van der Waals surface area contributed by atoms with Gasteiger partial charge in [0.1, 0.15) is 5.76 Å². The second-order valence-electron chi connectivity index (χ2n) is 7.43. The number of rotatable bonds is 9.